The first kappa shape index (κ1) is 24.0. The number of benzene rings is 4. The highest BCUT2D eigenvalue weighted by atomic mass is 32.2. The molecule has 4 aromatic carbocycles. The summed E-state index contributed by atoms with van der Waals surface area (Å²) >= 11 is 1.51. The molecule has 39 heavy (non-hydrogen) atoms. The van der Waals surface area contributed by atoms with Crippen molar-refractivity contribution in [2.45, 2.75) is 38.3 Å². The van der Waals surface area contributed by atoms with Gasteiger partial charge in [0.05, 0.1) is 10.6 Å². The summed E-state index contributed by atoms with van der Waals surface area (Å²) in [7, 11) is 0. The highest BCUT2D eigenvalue weighted by molar-refractivity contribution is 8.18. The quantitative estimate of drug-likeness (QED) is 0.215. The fraction of sp³-hybridized carbons (Fsp3) is 0.176. The molecule has 192 valence electrons. The minimum absolute atomic E-state index is 0.0764. The van der Waals surface area contributed by atoms with Crippen molar-refractivity contribution in [3.8, 4) is 0 Å². The highest BCUT2D eigenvalue weighted by Gasteiger charge is 2.39. The molecule has 1 aromatic heterocycles. The Labute approximate surface area is 232 Å². The number of amides is 1. The first-order valence-electron chi connectivity index (χ1n) is 13.7. The molecule has 0 atom stereocenters. The molecule has 2 heterocycles. The van der Waals surface area contributed by atoms with Crippen LogP contribution in [0.15, 0.2) is 113 Å². The van der Waals surface area contributed by atoms with Crippen LogP contribution in [0.3, 0.4) is 0 Å². The van der Waals surface area contributed by atoms with E-state index in [0.717, 1.165) is 46.1 Å². The molecule has 2 aliphatic rings. The zero-order chi connectivity index (χ0) is 26.2. The summed E-state index contributed by atoms with van der Waals surface area (Å²) in [5.41, 5.74) is 4.39. The first-order chi connectivity index (χ1) is 19.2. The molecule has 0 spiro atoms. The summed E-state index contributed by atoms with van der Waals surface area (Å²) in [5, 5.41) is 4.47. The van der Waals surface area contributed by atoms with Crippen LogP contribution >= 0.6 is 11.8 Å². The van der Waals surface area contributed by atoms with Crippen LogP contribution in [-0.4, -0.2) is 26.6 Å². The number of rotatable bonds is 5. The molecule has 1 amide bonds. The maximum atomic E-state index is 13.8. The number of carbonyl (C=O) groups is 1. The minimum atomic E-state index is 0.0764. The highest BCUT2D eigenvalue weighted by Crippen LogP contribution is 2.40. The van der Waals surface area contributed by atoms with Crippen molar-refractivity contribution in [1.29, 1.82) is 0 Å². The summed E-state index contributed by atoms with van der Waals surface area (Å²) in [6.07, 6.45) is 8.68. The van der Waals surface area contributed by atoms with Gasteiger partial charge < -0.3 is 4.57 Å². The molecule has 0 unspecified atom stereocenters. The van der Waals surface area contributed by atoms with E-state index in [4.69, 9.17) is 4.99 Å². The number of para-hydroxylation sites is 2. The third-order valence-electron chi connectivity index (χ3n) is 7.83. The van der Waals surface area contributed by atoms with Crippen LogP contribution in [0.25, 0.3) is 27.8 Å². The SMILES string of the molecule is O=C1C(=Cc2cn(Cc3cccc4ccccc34)c3ccccc23)SC(=Nc2ccccc2)N1C1CCCC1. The Balaban J connectivity index is 1.28. The van der Waals surface area contributed by atoms with Crippen LogP contribution in [0.1, 0.15) is 36.8 Å². The van der Waals surface area contributed by atoms with E-state index in [1.807, 2.05) is 35.2 Å². The van der Waals surface area contributed by atoms with E-state index in [0.29, 0.717) is 0 Å². The molecule has 1 aliphatic carbocycles. The van der Waals surface area contributed by atoms with Crippen LogP contribution in [0, 0.1) is 0 Å². The van der Waals surface area contributed by atoms with Gasteiger partial charge in [0.25, 0.3) is 5.91 Å². The Kier molecular flexibility index (Phi) is 6.29. The first-order valence-corrected chi connectivity index (χ1v) is 14.5. The Bertz CT molecular complexity index is 1740. The lowest BCUT2D eigenvalue weighted by Crippen LogP contribution is -2.37. The van der Waals surface area contributed by atoms with Gasteiger partial charge in [0.15, 0.2) is 5.17 Å². The molecule has 0 radical (unpaired) electrons. The summed E-state index contributed by atoms with van der Waals surface area (Å²) in [5.74, 6) is 0.0764. The van der Waals surface area contributed by atoms with Gasteiger partial charge in [0.2, 0.25) is 0 Å². The molecule has 5 heteroatoms. The Morgan fingerprint density at radius 1 is 0.821 bits per heavy atom. The van der Waals surface area contributed by atoms with Gasteiger partial charge >= 0.3 is 0 Å². The van der Waals surface area contributed by atoms with Crippen molar-refractivity contribution >= 4 is 56.3 Å². The number of hydrogen-bond donors (Lipinski definition) is 0. The molecule has 0 bridgehead atoms. The second kappa shape index (κ2) is 10.2. The second-order valence-electron chi connectivity index (χ2n) is 10.3. The molecule has 1 saturated heterocycles. The van der Waals surface area contributed by atoms with Crippen molar-refractivity contribution in [3.05, 3.63) is 119 Å². The van der Waals surface area contributed by atoms with Gasteiger partial charge in [-0.1, -0.05) is 91.7 Å². The lowest BCUT2D eigenvalue weighted by atomic mass is 10.0. The van der Waals surface area contributed by atoms with E-state index in [1.54, 1.807) is 0 Å². The Hall–Kier alpha value is -4.09. The average Bonchev–Trinajstić information content (AvgIpc) is 3.69. The maximum absolute atomic E-state index is 13.8. The van der Waals surface area contributed by atoms with Gasteiger partial charge in [0, 0.05) is 35.2 Å². The normalized spacial score (nSPS) is 18.4. The number of nitrogens with zero attached hydrogens (tertiary/aromatic N) is 3. The number of aliphatic imine (C=N–C) groups is 1. The molecule has 4 nitrogen and oxygen atoms in total. The van der Waals surface area contributed by atoms with Crippen LogP contribution in [0.5, 0.6) is 0 Å². The van der Waals surface area contributed by atoms with Crippen LogP contribution in [0.2, 0.25) is 0 Å². The van der Waals surface area contributed by atoms with E-state index in [9.17, 15) is 4.79 Å². The molecule has 1 saturated carbocycles. The van der Waals surface area contributed by atoms with Crippen molar-refractivity contribution in [2.24, 2.45) is 4.99 Å². The zero-order valence-corrected chi connectivity index (χ0v) is 22.5. The molecule has 2 fully saturated rings. The van der Waals surface area contributed by atoms with Gasteiger partial charge in [-0.15, -0.1) is 0 Å². The second-order valence-corrected chi connectivity index (χ2v) is 11.3. The van der Waals surface area contributed by atoms with Crippen molar-refractivity contribution < 1.29 is 4.79 Å². The predicted molar refractivity (Wildman–Crippen MR) is 163 cm³/mol. The lowest BCUT2D eigenvalue weighted by Gasteiger charge is -2.22. The molecular formula is C34H29N3OS. The molecular weight excluding hydrogens is 498 g/mol. The zero-order valence-electron chi connectivity index (χ0n) is 21.7. The smallest absolute Gasteiger partial charge is 0.267 e. The average molecular weight is 528 g/mol. The number of fused-ring (bicyclic) bond motifs is 2. The van der Waals surface area contributed by atoms with Gasteiger partial charge in [-0.25, -0.2) is 4.99 Å². The largest absolute Gasteiger partial charge is 0.342 e. The summed E-state index contributed by atoms with van der Waals surface area (Å²) < 4.78 is 2.31. The topological polar surface area (TPSA) is 37.6 Å². The van der Waals surface area contributed by atoms with E-state index < -0.39 is 0 Å². The van der Waals surface area contributed by atoms with Crippen molar-refractivity contribution in [3.63, 3.8) is 0 Å². The molecule has 5 aromatic rings. The molecule has 0 N–H and O–H groups in total. The molecule has 7 rings (SSSR count). The van der Waals surface area contributed by atoms with Crippen molar-refractivity contribution in [1.82, 2.24) is 9.47 Å². The van der Waals surface area contributed by atoms with Gasteiger partial charge in [-0.3, -0.25) is 9.69 Å². The standard InChI is InChI=1S/C34H29N3OS/c38-33-32(39-34(35-27-14-2-1-3-15-27)37(33)28-16-5-6-17-28)21-26-23-36(31-20-9-8-19-30(26)31)22-25-13-10-12-24-11-4-7-18-29(24)25/h1-4,7-15,18-21,23,28H,5-6,16-17,22H2. The summed E-state index contributed by atoms with van der Waals surface area (Å²) in [6.45, 7) is 0.765. The van der Waals surface area contributed by atoms with Crippen LogP contribution in [0.4, 0.5) is 5.69 Å². The van der Waals surface area contributed by atoms with Gasteiger partial charge in [-0.05, 0) is 65.2 Å². The van der Waals surface area contributed by atoms with E-state index in [1.165, 1.54) is 46.5 Å². The third-order valence-corrected chi connectivity index (χ3v) is 8.82. The van der Waals surface area contributed by atoms with Crippen LogP contribution < -0.4 is 0 Å². The van der Waals surface area contributed by atoms with Gasteiger partial charge in [0.1, 0.15) is 0 Å². The summed E-state index contributed by atoms with van der Waals surface area (Å²) in [6, 6.07) is 33.7. The van der Waals surface area contributed by atoms with E-state index in [-0.39, 0.29) is 11.9 Å². The number of aromatic nitrogens is 1. The Morgan fingerprint density at radius 3 is 2.38 bits per heavy atom. The number of carbonyl (C=O) groups excluding carboxylic acids is 1. The number of thioether (sulfide) groups is 1. The fourth-order valence-electron chi connectivity index (χ4n) is 5.94. The third kappa shape index (κ3) is 4.57. The number of amidine groups is 1. The predicted octanol–water partition coefficient (Wildman–Crippen LogP) is 8.39. The van der Waals surface area contributed by atoms with E-state index >= 15 is 0 Å². The minimum Gasteiger partial charge on any atom is -0.342 e. The van der Waals surface area contributed by atoms with Gasteiger partial charge in [-0.2, -0.15) is 0 Å². The summed E-state index contributed by atoms with van der Waals surface area (Å²) in [4.78, 5) is 21.4. The van der Waals surface area contributed by atoms with Crippen molar-refractivity contribution in [2.75, 3.05) is 0 Å². The van der Waals surface area contributed by atoms with E-state index in [2.05, 4.69) is 83.6 Å². The monoisotopic (exact) mass is 527 g/mol. The van der Waals surface area contributed by atoms with Crippen LogP contribution in [-0.2, 0) is 11.3 Å². The Morgan fingerprint density at radius 2 is 1.54 bits per heavy atom. The number of hydrogen-bond acceptors (Lipinski definition) is 3. The molecule has 1 aliphatic heterocycles. The maximum Gasteiger partial charge on any atom is 0.267 e. The fourth-order valence-corrected chi connectivity index (χ4v) is 6.99. The lowest BCUT2D eigenvalue weighted by molar-refractivity contribution is -0.123.